The van der Waals surface area contributed by atoms with Gasteiger partial charge in [-0.3, -0.25) is 0 Å². The Morgan fingerprint density at radius 1 is 0.808 bits per heavy atom. The first-order valence-corrected chi connectivity index (χ1v) is 7.42. The highest BCUT2D eigenvalue weighted by molar-refractivity contribution is 5.78. The van der Waals surface area contributed by atoms with Gasteiger partial charge in [-0.05, 0) is 31.0 Å². The zero-order valence-electron chi connectivity index (χ0n) is 14.0. The van der Waals surface area contributed by atoms with E-state index in [1.807, 2.05) is 0 Å². The van der Waals surface area contributed by atoms with Crippen molar-refractivity contribution >= 4 is 0 Å². The Balaban J connectivity index is 2.98. The number of methoxy groups -OCH3 is 1. The number of halogens is 7. The van der Waals surface area contributed by atoms with Gasteiger partial charge in [-0.2, -0.15) is 26.3 Å². The molecule has 0 aliphatic carbocycles. The summed E-state index contributed by atoms with van der Waals surface area (Å²) in [6.07, 6.45) is -12.4. The summed E-state index contributed by atoms with van der Waals surface area (Å²) in [4.78, 5) is 0. The summed E-state index contributed by atoms with van der Waals surface area (Å²) in [5.41, 5.74) is -7.43. The Morgan fingerprint density at radius 2 is 1.35 bits per heavy atom. The van der Waals surface area contributed by atoms with Gasteiger partial charge in [-0.1, -0.05) is 35.9 Å². The first-order valence-electron chi connectivity index (χ1n) is 7.42. The third kappa shape index (κ3) is 3.12. The van der Waals surface area contributed by atoms with Crippen LogP contribution in [0.2, 0.25) is 0 Å². The maximum atomic E-state index is 14.8. The molecule has 0 saturated heterocycles. The van der Waals surface area contributed by atoms with Crippen LogP contribution in [0.25, 0.3) is 11.1 Å². The molecule has 0 aromatic heterocycles. The lowest BCUT2D eigenvalue weighted by molar-refractivity contribution is -0.348. The number of hydrogen-bond acceptors (Lipinski definition) is 1. The van der Waals surface area contributed by atoms with Crippen molar-refractivity contribution in [2.24, 2.45) is 0 Å². The lowest BCUT2D eigenvalue weighted by Crippen LogP contribution is -2.50. The number of benzene rings is 2. The van der Waals surface area contributed by atoms with E-state index in [4.69, 9.17) is 4.74 Å². The minimum absolute atomic E-state index is 0.0346. The standard InChI is InChI=1S/C18H15F7O/c1-10-8-11(2)15(12-6-4-5-7-14(12)26-3)13(9-10)16(19,17(20,21)22)18(23,24)25/h4-9H,1-3H3. The molecule has 0 aliphatic heterocycles. The van der Waals surface area contributed by atoms with E-state index >= 15 is 0 Å². The molecule has 0 radical (unpaired) electrons. The summed E-state index contributed by atoms with van der Waals surface area (Å²) < 4.78 is 99.6. The predicted molar refractivity (Wildman–Crippen MR) is 82.8 cm³/mol. The van der Waals surface area contributed by atoms with Crippen LogP contribution < -0.4 is 4.74 Å². The van der Waals surface area contributed by atoms with Crippen molar-refractivity contribution in [3.8, 4) is 16.9 Å². The summed E-state index contributed by atoms with van der Waals surface area (Å²) in [5.74, 6) is 0.0346. The average molecular weight is 380 g/mol. The molecule has 0 bridgehead atoms. The van der Waals surface area contributed by atoms with Crippen LogP contribution in [0.3, 0.4) is 0 Å². The van der Waals surface area contributed by atoms with Gasteiger partial charge in [-0.25, -0.2) is 4.39 Å². The van der Waals surface area contributed by atoms with E-state index in [0.717, 1.165) is 0 Å². The molecule has 0 unspecified atom stereocenters. The molecule has 142 valence electrons. The molecular weight excluding hydrogens is 365 g/mol. The molecule has 8 heteroatoms. The van der Waals surface area contributed by atoms with Gasteiger partial charge >= 0.3 is 18.0 Å². The van der Waals surface area contributed by atoms with Crippen molar-refractivity contribution < 1.29 is 35.5 Å². The molecule has 26 heavy (non-hydrogen) atoms. The van der Waals surface area contributed by atoms with Crippen molar-refractivity contribution in [2.75, 3.05) is 7.11 Å². The summed E-state index contributed by atoms with van der Waals surface area (Å²) in [6, 6.07) is 7.55. The van der Waals surface area contributed by atoms with Crippen LogP contribution in [0.4, 0.5) is 30.7 Å². The monoisotopic (exact) mass is 380 g/mol. The molecule has 0 atom stereocenters. The topological polar surface area (TPSA) is 9.23 Å². The number of rotatable bonds is 3. The third-order valence-corrected chi connectivity index (χ3v) is 4.01. The molecule has 2 aromatic carbocycles. The number of hydrogen-bond donors (Lipinski definition) is 0. The smallest absolute Gasteiger partial charge is 0.435 e. The van der Waals surface area contributed by atoms with E-state index in [1.165, 1.54) is 51.3 Å². The summed E-state index contributed by atoms with van der Waals surface area (Å²) >= 11 is 0. The fourth-order valence-corrected chi connectivity index (χ4v) is 2.91. The van der Waals surface area contributed by atoms with E-state index in [-0.39, 0.29) is 22.4 Å². The molecule has 0 fully saturated rings. The van der Waals surface area contributed by atoms with Gasteiger partial charge in [0.15, 0.2) is 0 Å². The average Bonchev–Trinajstić information content (AvgIpc) is 2.51. The number of alkyl halides is 7. The fraction of sp³-hybridized carbons (Fsp3) is 0.333. The third-order valence-electron chi connectivity index (χ3n) is 4.01. The second-order valence-electron chi connectivity index (χ2n) is 5.86. The van der Waals surface area contributed by atoms with Crippen LogP contribution in [-0.4, -0.2) is 19.5 Å². The Morgan fingerprint density at radius 3 is 1.85 bits per heavy atom. The van der Waals surface area contributed by atoms with E-state index in [2.05, 4.69) is 0 Å². The minimum atomic E-state index is -6.19. The summed E-state index contributed by atoms with van der Waals surface area (Å²) in [7, 11) is 1.22. The SMILES string of the molecule is COc1ccccc1-c1c(C)cc(C)cc1C(F)(C(F)(F)F)C(F)(F)F. The molecule has 0 amide bonds. The second kappa shape index (κ2) is 6.48. The summed E-state index contributed by atoms with van der Waals surface area (Å²) in [6.45, 7) is 2.63. The highest BCUT2D eigenvalue weighted by Gasteiger charge is 2.74. The second-order valence-corrected chi connectivity index (χ2v) is 5.86. The molecular formula is C18H15F7O. The molecule has 0 heterocycles. The van der Waals surface area contributed by atoms with Crippen LogP contribution in [0, 0.1) is 13.8 Å². The van der Waals surface area contributed by atoms with Crippen LogP contribution in [0.5, 0.6) is 5.75 Å². The van der Waals surface area contributed by atoms with Gasteiger partial charge in [0.05, 0.1) is 7.11 Å². The minimum Gasteiger partial charge on any atom is -0.496 e. The fourth-order valence-electron chi connectivity index (χ4n) is 2.91. The lowest BCUT2D eigenvalue weighted by Gasteiger charge is -2.33. The largest absolute Gasteiger partial charge is 0.496 e. The van der Waals surface area contributed by atoms with E-state index < -0.39 is 29.1 Å². The zero-order valence-corrected chi connectivity index (χ0v) is 14.0. The molecule has 0 saturated carbocycles. The molecule has 2 aromatic rings. The van der Waals surface area contributed by atoms with Gasteiger partial charge in [0.1, 0.15) is 5.75 Å². The van der Waals surface area contributed by atoms with Gasteiger partial charge in [0.2, 0.25) is 0 Å². The maximum Gasteiger partial charge on any atom is 0.435 e. The molecule has 0 spiro atoms. The normalized spacial score (nSPS) is 13.0. The number of aryl methyl sites for hydroxylation is 2. The van der Waals surface area contributed by atoms with Crippen molar-refractivity contribution in [3.05, 3.63) is 53.1 Å². The summed E-state index contributed by atoms with van der Waals surface area (Å²) in [5, 5.41) is 0. The highest BCUT2D eigenvalue weighted by atomic mass is 19.4. The van der Waals surface area contributed by atoms with Crippen molar-refractivity contribution in [3.63, 3.8) is 0 Å². The van der Waals surface area contributed by atoms with E-state index in [9.17, 15) is 30.7 Å². The first kappa shape index (κ1) is 20.1. The predicted octanol–water partition coefficient (Wildman–Crippen LogP) is 6.27. The van der Waals surface area contributed by atoms with Gasteiger partial charge in [-0.15, -0.1) is 0 Å². The Kier molecular flexibility index (Phi) is 5.00. The van der Waals surface area contributed by atoms with E-state index in [1.54, 1.807) is 0 Å². The van der Waals surface area contributed by atoms with E-state index in [0.29, 0.717) is 6.07 Å². The maximum absolute atomic E-state index is 14.8. The van der Waals surface area contributed by atoms with Crippen molar-refractivity contribution in [1.29, 1.82) is 0 Å². The number of ether oxygens (including phenoxy) is 1. The quantitative estimate of drug-likeness (QED) is 0.571. The highest BCUT2D eigenvalue weighted by Crippen LogP contribution is 2.56. The van der Waals surface area contributed by atoms with Crippen molar-refractivity contribution in [1.82, 2.24) is 0 Å². The van der Waals surface area contributed by atoms with Crippen LogP contribution in [0.1, 0.15) is 16.7 Å². The van der Waals surface area contributed by atoms with Gasteiger partial charge in [0, 0.05) is 11.1 Å². The Hall–Kier alpha value is -2.25. The molecule has 0 aliphatic rings. The van der Waals surface area contributed by atoms with Crippen molar-refractivity contribution in [2.45, 2.75) is 31.9 Å². The molecule has 1 nitrogen and oxygen atoms in total. The molecule has 2 rings (SSSR count). The Bertz CT molecular complexity index is 792. The first-order chi connectivity index (χ1) is 11.8. The van der Waals surface area contributed by atoms with Gasteiger partial charge in [0.25, 0.3) is 0 Å². The van der Waals surface area contributed by atoms with Gasteiger partial charge < -0.3 is 4.74 Å². The molecule has 0 N–H and O–H groups in total. The van der Waals surface area contributed by atoms with Crippen LogP contribution in [0.15, 0.2) is 36.4 Å². The Labute approximate surface area is 145 Å². The zero-order chi connectivity index (χ0) is 19.9. The van der Waals surface area contributed by atoms with Crippen LogP contribution in [-0.2, 0) is 5.67 Å². The number of para-hydroxylation sites is 1. The lowest BCUT2D eigenvalue weighted by atomic mass is 9.83. The van der Waals surface area contributed by atoms with Crippen LogP contribution >= 0.6 is 0 Å².